The second-order valence-corrected chi connectivity index (χ2v) is 1.82. The number of carbonyl (C=O) groups is 1. The monoisotopic (exact) mass is 148 g/mol. The van der Waals surface area contributed by atoms with E-state index >= 15 is 0 Å². The van der Waals surface area contributed by atoms with Gasteiger partial charge in [-0.1, -0.05) is 18.2 Å². The van der Waals surface area contributed by atoms with Crippen LogP contribution >= 0.6 is 0 Å². The minimum atomic E-state index is -0.222. The maximum absolute atomic E-state index is 10.7. The summed E-state index contributed by atoms with van der Waals surface area (Å²) in [6, 6.07) is 0. The van der Waals surface area contributed by atoms with Gasteiger partial charge < -0.3 is 6.16 Å². The van der Waals surface area contributed by atoms with Crippen LogP contribution in [0.4, 0.5) is 0 Å². The molecule has 0 atom stereocenters. The van der Waals surface area contributed by atoms with Crippen LogP contribution in [-0.2, 0) is 9.53 Å². The molecule has 1 aliphatic rings. The maximum atomic E-state index is 10.7. The summed E-state index contributed by atoms with van der Waals surface area (Å²) in [5.41, 5.74) is 0.734. The predicted molar refractivity (Wildman–Crippen MR) is 35.0 cm³/mol. The number of hydrogen-bond acceptors (Lipinski definition) is 2. The van der Waals surface area contributed by atoms with E-state index in [9.17, 15) is 4.79 Å². The molecule has 0 unspecified atom stereocenters. The Morgan fingerprint density at radius 1 is 1.80 bits per heavy atom. The van der Waals surface area contributed by atoms with E-state index in [1.54, 1.807) is 6.08 Å². The number of allylic oxidation sites excluding steroid dienone is 3. The van der Waals surface area contributed by atoms with Crippen molar-refractivity contribution in [1.29, 1.82) is 0 Å². The van der Waals surface area contributed by atoms with Crippen LogP contribution < -0.4 is 29.6 Å². The molecule has 1 aliphatic carbocycles. The van der Waals surface area contributed by atoms with Crippen molar-refractivity contribution < 1.29 is 40.5 Å². The minimum absolute atomic E-state index is 0. The van der Waals surface area contributed by atoms with E-state index in [1.807, 2.05) is 12.2 Å². The van der Waals surface area contributed by atoms with Crippen molar-refractivity contribution in [3.05, 3.63) is 23.8 Å². The zero-order chi connectivity index (χ0) is 6.69. The van der Waals surface area contributed by atoms with E-state index in [0.717, 1.165) is 5.57 Å². The van der Waals surface area contributed by atoms with Gasteiger partial charge in [-0.3, -0.25) is 0 Å². The van der Waals surface area contributed by atoms with Crippen LogP contribution in [-0.4, -0.2) is 13.1 Å². The van der Waals surface area contributed by atoms with Gasteiger partial charge in [0.15, 0.2) is 0 Å². The van der Waals surface area contributed by atoms with Gasteiger partial charge in [0, 0.05) is 5.57 Å². The molecular weight excluding hydrogens is 139 g/mol. The average molecular weight is 148 g/mol. The van der Waals surface area contributed by atoms with Gasteiger partial charge in [0.2, 0.25) is 0 Å². The van der Waals surface area contributed by atoms with Gasteiger partial charge >= 0.3 is 35.5 Å². The SMILES string of the molecule is COC(=O)C1=CC=CC1.[H-].[Na+]. The van der Waals surface area contributed by atoms with Crippen LogP contribution in [0.1, 0.15) is 7.85 Å². The van der Waals surface area contributed by atoms with Gasteiger partial charge in [-0.05, 0) is 6.42 Å². The molecule has 2 nitrogen and oxygen atoms in total. The van der Waals surface area contributed by atoms with Crippen molar-refractivity contribution in [3.63, 3.8) is 0 Å². The molecule has 0 aromatic rings. The van der Waals surface area contributed by atoms with E-state index in [-0.39, 0.29) is 37.0 Å². The quantitative estimate of drug-likeness (QED) is 0.323. The smallest absolute Gasteiger partial charge is 1.00 e. The summed E-state index contributed by atoms with van der Waals surface area (Å²) in [5, 5.41) is 0. The van der Waals surface area contributed by atoms with Crippen LogP contribution in [0.3, 0.4) is 0 Å². The molecule has 0 aromatic carbocycles. The summed E-state index contributed by atoms with van der Waals surface area (Å²) in [6.07, 6.45) is 6.26. The molecule has 50 valence electrons. The summed E-state index contributed by atoms with van der Waals surface area (Å²) in [6.45, 7) is 0. The third-order valence-corrected chi connectivity index (χ3v) is 1.22. The Balaban J connectivity index is 0. The standard InChI is InChI=1S/C7H8O2.Na.H/c1-9-7(8)6-4-2-3-5-6;;/h2-4H,5H2,1H3;;/q;+1;-1. The van der Waals surface area contributed by atoms with Crippen molar-refractivity contribution in [2.45, 2.75) is 6.42 Å². The van der Waals surface area contributed by atoms with E-state index in [2.05, 4.69) is 4.74 Å². The second kappa shape index (κ2) is 4.72. The second-order valence-electron chi connectivity index (χ2n) is 1.82. The van der Waals surface area contributed by atoms with Crippen LogP contribution in [0.25, 0.3) is 0 Å². The van der Waals surface area contributed by atoms with Crippen molar-refractivity contribution in [2.75, 3.05) is 7.11 Å². The Morgan fingerprint density at radius 3 is 2.90 bits per heavy atom. The Bertz CT molecular complexity index is 187. The largest absolute Gasteiger partial charge is 1.00 e. The molecule has 0 saturated heterocycles. The first kappa shape index (κ1) is 9.95. The first-order valence-electron chi connectivity index (χ1n) is 2.78. The Kier molecular flexibility index (Phi) is 4.69. The Morgan fingerprint density at radius 2 is 2.50 bits per heavy atom. The normalized spacial score (nSPS) is 13.9. The predicted octanol–water partition coefficient (Wildman–Crippen LogP) is -1.84. The fourth-order valence-electron chi connectivity index (χ4n) is 0.730. The maximum Gasteiger partial charge on any atom is 1.00 e. The Hall–Kier alpha value is -0.0500. The molecule has 0 heterocycles. The number of hydrogen-bond donors (Lipinski definition) is 0. The van der Waals surface area contributed by atoms with Crippen molar-refractivity contribution in [3.8, 4) is 0 Å². The molecule has 0 saturated carbocycles. The van der Waals surface area contributed by atoms with Crippen LogP contribution in [0.5, 0.6) is 0 Å². The van der Waals surface area contributed by atoms with Gasteiger partial charge in [-0.25, -0.2) is 4.79 Å². The molecule has 0 radical (unpaired) electrons. The molecule has 0 aliphatic heterocycles. The third kappa shape index (κ3) is 2.29. The fraction of sp³-hybridized carbons (Fsp3) is 0.286. The molecule has 0 bridgehead atoms. The van der Waals surface area contributed by atoms with Gasteiger partial charge in [0.05, 0.1) is 7.11 Å². The van der Waals surface area contributed by atoms with Gasteiger partial charge in [-0.2, -0.15) is 0 Å². The van der Waals surface area contributed by atoms with Crippen LogP contribution in [0, 0.1) is 0 Å². The van der Waals surface area contributed by atoms with E-state index in [1.165, 1.54) is 7.11 Å². The number of methoxy groups -OCH3 is 1. The molecule has 3 heteroatoms. The van der Waals surface area contributed by atoms with Crippen molar-refractivity contribution in [2.24, 2.45) is 0 Å². The molecule has 0 spiro atoms. The molecule has 0 fully saturated rings. The topological polar surface area (TPSA) is 26.3 Å². The van der Waals surface area contributed by atoms with Gasteiger partial charge in [0.25, 0.3) is 0 Å². The van der Waals surface area contributed by atoms with Crippen LogP contribution in [0.15, 0.2) is 23.8 Å². The van der Waals surface area contributed by atoms with Gasteiger partial charge in [-0.15, -0.1) is 0 Å². The third-order valence-electron chi connectivity index (χ3n) is 1.22. The molecule has 10 heavy (non-hydrogen) atoms. The molecule has 0 N–H and O–H groups in total. The number of carbonyl (C=O) groups excluding carboxylic acids is 1. The molecule has 0 amide bonds. The van der Waals surface area contributed by atoms with E-state index < -0.39 is 0 Å². The number of ether oxygens (including phenoxy) is 1. The minimum Gasteiger partial charge on any atom is -1.00 e. The van der Waals surface area contributed by atoms with Crippen molar-refractivity contribution >= 4 is 5.97 Å². The fourth-order valence-corrected chi connectivity index (χ4v) is 0.730. The summed E-state index contributed by atoms with van der Waals surface area (Å²) >= 11 is 0. The zero-order valence-electron chi connectivity index (χ0n) is 7.26. The Labute approximate surface area is 83.7 Å². The molecule has 1 rings (SSSR count). The first-order valence-corrected chi connectivity index (χ1v) is 2.78. The van der Waals surface area contributed by atoms with Gasteiger partial charge in [0.1, 0.15) is 0 Å². The molecule has 0 aromatic heterocycles. The average Bonchev–Trinajstić information content (AvgIpc) is 2.37. The summed E-state index contributed by atoms with van der Waals surface area (Å²) in [4.78, 5) is 10.7. The molecular formula is C7H9NaO2. The summed E-state index contributed by atoms with van der Waals surface area (Å²) in [5.74, 6) is -0.222. The van der Waals surface area contributed by atoms with E-state index in [0.29, 0.717) is 6.42 Å². The number of esters is 1. The summed E-state index contributed by atoms with van der Waals surface area (Å²) < 4.78 is 4.49. The summed E-state index contributed by atoms with van der Waals surface area (Å²) in [7, 11) is 1.39. The van der Waals surface area contributed by atoms with E-state index in [4.69, 9.17) is 0 Å². The number of rotatable bonds is 1. The zero-order valence-corrected chi connectivity index (χ0v) is 8.26. The van der Waals surface area contributed by atoms with Crippen molar-refractivity contribution in [1.82, 2.24) is 0 Å². The van der Waals surface area contributed by atoms with Crippen LogP contribution in [0.2, 0.25) is 0 Å². The first-order chi connectivity index (χ1) is 4.34.